The van der Waals surface area contributed by atoms with E-state index in [1.165, 1.54) is 6.92 Å². The summed E-state index contributed by atoms with van der Waals surface area (Å²) in [4.78, 5) is 13.4. The Labute approximate surface area is 159 Å². The molecule has 11 atom stereocenters. The minimum atomic E-state index is -2.10. The van der Waals surface area contributed by atoms with Crippen molar-refractivity contribution < 1.29 is 35.4 Å². The predicted octanol–water partition coefficient (Wildman–Crippen LogP) is -0.939. The minimum absolute atomic E-state index is 0.0556. The van der Waals surface area contributed by atoms with Gasteiger partial charge in [0.1, 0.15) is 11.2 Å². The molecule has 0 aromatic heterocycles. The SMILES string of the molecule is C[C@H]1C[C@]2(O)C(=O)[C@](C)(O)[C@@H]3[C@@H]4[C@H](C[C@@H](O)[C@@]3(CO)[C@H](O)[C@H]2[C@H]1O)C4(C)C. The van der Waals surface area contributed by atoms with Crippen molar-refractivity contribution >= 4 is 5.78 Å². The van der Waals surface area contributed by atoms with Crippen LogP contribution in [0.4, 0.5) is 0 Å². The number of hydrogen-bond acceptors (Lipinski definition) is 7. The Morgan fingerprint density at radius 2 is 1.67 bits per heavy atom. The van der Waals surface area contributed by atoms with Gasteiger partial charge in [-0.15, -0.1) is 0 Å². The lowest BCUT2D eigenvalue weighted by atomic mass is 9.56. The maximum absolute atomic E-state index is 13.4. The van der Waals surface area contributed by atoms with Crippen LogP contribution in [0.3, 0.4) is 0 Å². The molecular weight excluding hydrogens is 352 g/mol. The van der Waals surface area contributed by atoms with Crippen molar-refractivity contribution in [1.29, 1.82) is 0 Å². The first-order chi connectivity index (χ1) is 12.3. The average Bonchev–Trinajstić information content (AvgIpc) is 3.01. The third-order valence-electron chi connectivity index (χ3n) is 8.93. The van der Waals surface area contributed by atoms with Crippen molar-refractivity contribution in [2.75, 3.05) is 6.61 Å². The average molecular weight is 384 g/mol. The molecule has 0 heterocycles. The van der Waals surface area contributed by atoms with E-state index in [-0.39, 0.29) is 23.7 Å². The van der Waals surface area contributed by atoms with Crippen molar-refractivity contribution in [3.05, 3.63) is 0 Å². The van der Waals surface area contributed by atoms with Gasteiger partial charge in [0.2, 0.25) is 0 Å². The van der Waals surface area contributed by atoms with Crippen LogP contribution in [0.1, 0.15) is 40.5 Å². The van der Waals surface area contributed by atoms with Gasteiger partial charge in [-0.05, 0) is 42.9 Å². The zero-order valence-corrected chi connectivity index (χ0v) is 16.3. The second-order valence-corrected chi connectivity index (χ2v) is 10.5. The number of rotatable bonds is 1. The predicted molar refractivity (Wildman–Crippen MR) is 94.3 cm³/mol. The van der Waals surface area contributed by atoms with Crippen LogP contribution >= 0.6 is 0 Å². The van der Waals surface area contributed by atoms with E-state index < -0.39 is 65.1 Å². The monoisotopic (exact) mass is 384 g/mol. The van der Waals surface area contributed by atoms with E-state index in [2.05, 4.69) is 0 Å². The Morgan fingerprint density at radius 1 is 1.07 bits per heavy atom. The van der Waals surface area contributed by atoms with E-state index in [0.717, 1.165) is 0 Å². The quantitative estimate of drug-likeness (QED) is 0.343. The number of aliphatic hydroxyl groups excluding tert-OH is 4. The highest BCUT2D eigenvalue weighted by atomic mass is 16.3. The zero-order chi connectivity index (χ0) is 20.3. The molecule has 0 radical (unpaired) electrons. The molecule has 154 valence electrons. The first-order valence-electron chi connectivity index (χ1n) is 9.94. The molecular formula is C20H32O7. The van der Waals surface area contributed by atoms with E-state index >= 15 is 0 Å². The van der Waals surface area contributed by atoms with Gasteiger partial charge in [0.15, 0.2) is 5.78 Å². The van der Waals surface area contributed by atoms with Crippen LogP contribution in [0, 0.1) is 40.4 Å². The lowest BCUT2D eigenvalue weighted by Gasteiger charge is -2.52. The number of Topliss-reactive ketones (excluding diaryl/α,β-unsaturated/α-hetero) is 1. The van der Waals surface area contributed by atoms with Gasteiger partial charge in [-0.2, -0.15) is 0 Å². The van der Waals surface area contributed by atoms with Gasteiger partial charge in [0, 0.05) is 11.8 Å². The number of carbonyl (C=O) groups excluding carboxylic acids is 1. The van der Waals surface area contributed by atoms with Crippen molar-refractivity contribution in [3.8, 4) is 0 Å². The number of carbonyl (C=O) groups is 1. The summed E-state index contributed by atoms with van der Waals surface area (Å²) < 4.78 is 0. The second-order valence-electron chi connectivity index (χ2n) is 10.5. The van der Waals surface area contributed by atoms with Gasteiger partial charge in [0.05, 0.1) is 30.3 Å². The molecule has 0 aliphatic heterocycles. The van der Waals surface area contributed by atoms with Crippen LogP contribution in [0.15, 0.2) is 0 Å². The summed E-state index contributed by atoms with van der Waals surface area (Å²) in [5.41, 5.74) is -6.00. The maximum Gasteiger partial charge on any atom is 0.196 e. The maximum atomic E-state index is 13.4. The van der Waals surface area contributed by atoms with Gasteiger partial charge in [0.25, 0.3) is 0 Å². The number of hydrogen-bond donors (Lipinski definition) is 6. The molecule has 0 saturated heterocycles. The van der Waals surface area contributed by atoms with Gasteiger partial charge in [-0.25, -0.2) is 0 Å². The van der Waals surface area contributed by atoms with Gasteiger partial charge < -0.3 is 30.6 Å². The first kappa shape index (κ1) is 19.7. The highest BCUT2D eigenvalue weighted by Crippen LogP contribution is 2.74. The molecule has 0 unspecified atom stereocenters. The normalized spacial score (nSPS) is 61.6. The second kappa shape index (κ2) is 5.32. The topological polar surface area (TPSA) is 138 Å². The molecule has 6 N–H and O–H groups in total. The molecule has 0 spiro atoms. The fourth-order valence-electron chi connectivity index (χ4n) is 7.44. The largest absolute Gasteiger partial charge is 0.396 e. The van der Waals surface area contributed by atoms with E-state index in [1.54, 1.807) is 6.92 Å². The molecule has 7 heteroatoms. The summed E-state index contributed by atoms with van der Waals surface area (Å²) in [5.74, 6) is -3.60. The molecule has 4 fully saturated rings. The van der Waals surface area contributed by atoms with Gasteiger partial charge in [-0.3, -0.25) is 4.79 Å². The molecule has 0 aromatic carbocycles. The van der Waals surface area contributed by atoms with Crippen LogP contribution in [-0.4, -0.2) is 72.5 Å². The van der Waals surface area contributed by atoms with E-state index in [0.29, 0.717) is 6.42 Å². The summed E-state index contributed by atoms with van der Waals surface area (Å²) in [7, 11) is 0. The van der Waals surface area contributed by atoms with Crippen LogP contribution in [0.25, 0.3) is 0 Å². The summed E-state index contributed by atoms with van der Waals surface area (Å²) in [6.45, 7) is 6.35. The molecule has 7 nitrogen and oxygen atoms in total. The number of aliphatic hydroxyl groups is 6. The summed E-state index contributed by atoms with van der Waals surface area (Å²) >= 11 is 0. The Bertz CT molecular complexity index is 675. The zero-order valence-electron chi connectivity index (χ0n) is 16.3. The lowest BCUT2D eigenvalue weighted by molar-refractivity contribution is -0.210. The fraction of sp³-hybridized carbons (Fsp3) is 0.950. The molecule has 0 aromatic rings. The molecule has 4 rings (SSSR count). The van der Waals surface area contributed by atoms with E-state index in [1.807, 2.05) is 13.8 Å². The fourth-order valence-corrected chi connectivity index (χ4v) is 7.44. The molecule has 4 aliphatic carbocycles. The van der Waals surface area contributed by atoms with E-state index in [9.17, 15) is 35.4 Å². The third-order valence-corrected chi connectivity index (χ3v) is 8.93. The van der Waals surface area contributed by atoms with Crippen molar-refractivity contribution in [2.24, 2.45) is 40.4 Å². The number of fused-ring (bicyclic) bond motifs is 4. The number of ketones is 1. The lowest BCUT2D eigenvalue weighted by Crippen LogP contribution is -2.63. The van der Waals surface area contributed by atoms with E-state index in [4.69, 9.17) is 0 Å². The molecule has 27 heavy (non-hydrogen) atoms. The molecule has 0 amide bonds. The smallest absolute Gasteiger partial charge is 0.196 e. The summed E-state index contributed by atoms with van der Waals surface area (Å²) in [5, 5.41) is 66.3. The molecule has 0 bridgehead atoms. The van der Waals surface area contributed by atoms with Crippen molar-refractivity contribution in [1.82, 2.24) is 0 Å². The van der Waals surface area contributed by atoms with Crippen molar-refractivity contribution in [2.45, 2.75) is 70.1 Å². The van der Waals surface area contributed by atoms with Gasteiger partial charge >= 0.3 is 0 Å². The Hall–Kier alpha value is -0.570. The third kappa shape index (κ3) is 2.01. The standard InChI is InChI=1S/C20H32O7/c1-8-6-20(27)12(13(8)23)15(24)19(7-21)10(22)5-9-11(17(9,2)3)14(19)18(4,26)16(20)25/h8-15,21-24,26-27H,5-7H2,1-4H3/t8-,9-,10+,11-,12+,13-,14-,15+,18+,19+,20+/m0/s1. The minimum Gasteiger partial charge on any atom is -0.396 e. The Balaban J connectivity index is 1.97. The highest BCUT2D eigenvalue weighted by Gasteiger charge is 2.80. The van der Waals surface area contributed by atoms with Crippen LogP contribution in [-0.2, 0) is 4.79 Å². The Kier molecular flexibility index (Phi) is 3.89. The van der Waals surface area contributed by atoms with Crippen LogP contribution in [0.5, 0.6) is 0 Å². The summed E-state index contributed by atoms with van der Waals surface area (Å²) in [6.07, 6.45) is -3.60. The molecule has 4 aliphatic rings. The van der Waals surface area contributed by atoms with Crippen molar-refractivity contribution in [3.63, 3.8) is 0 Å². The van der Waals surface area contributed by atoms with Gasteiger partial charge in [-0.1, -0.05) is 20.8 Å². The molecule has 4 saturated carbocycles. The van der Waals surface area contributed by atoms with Crippen LogP contribution in [0.2, 0.25) is 0 Å². The Morgan fingerprint density at radius 3 is 2.22 bits per heavy atom. The summed E-state index contributed by atoms with van der Waals surface area (Å²) in [6, 6.07) is 0. The highest BCUT2D eigenvalue weighted by molar-refractivity contribution is 5.96. The first-order valence-corrected chi connectivity index (χ1v) is 9.94. The van der Waals surface area contributed by atoms with Crippen LogP contribution < -0.4 is 0 Å².